The summed E-state index contributed by atoms with van der Waals surface area (Å²) in [5.74, 6) is 0. The molecule has 11 aromatic rings. The molecule has 0 bridgehead atoms. The smallest absolute Gasteiger partial charge is 0.101 e. The molecule has 0 unspecified atom stereocenters. The summed E-state index contributed by atoms with van der Waals surface area (Å²) in [4.78, 5) is 0. The van der Waals surface area contributed by atoms with Crippen molar-refractivity contribution in [3.8, 4) is 22.3 Å². The zero-order valence-corrected chi connectivity index (χ0v) is 27.8. The Morgan fingerprint density at radius 2 is 0.896 bits per heavy atom. The largest absolute Gasteiger partial charge is 0.275 e. The van der Waals surface area contributed by atoms with Gasteiger partial charge >= 0.3 is 0 Å². The fourth-order valence-electron chi connectivity index (χ4n) is 8.00. The Bertz CT molecular complexity index is 2940. The van der Waals surface area contributed by atoms with Gasteiger partial charge in [0.25, 0.3) is 0 Å². The molecule has 4 heterocycles. The highest BCUT2D eigenvalue weighted by molar-refractivity contribution is 7.18. The van der Waals surface area contributed by atoms with Gasteiger partial charge in [-0.25, -0.2) is 0 Å². The van der Waals surface area contributed by atoms with Crippen LogP contribution in [0.2, 0.25) is 0 Å². The second-order valence-electron chi connectivity index (χ2n) is 12.9. The average molecular weight is 651 g/mol. The van der Waals surface area contributed by atoms with Crippen LogP contribution in [0.1, 0.15) is 0 Å². The fraction of sp³-hybridized carbons (Fsp3) is 0.0476. The standard InChI is InChI=1S/C42H26N4S2/c1-45-19-23-11-13-29-33(35-21-47-37-9-5-3-7-27(35)37)17-25-16-32-26(15-31(25)39(29)41(23)43-45)18-34(36-22-48-38-10-6-4-8-28(36)38)30-14-12-24-20-46(2)44-42(24)40(30)32/h3-22H,1-2H3. The van der Waals surface area contributed by atoms with E-state index in [0.29, 0.717) is 0 Å². The molecule has 11 rings (SSSR count). The molecule has 0 amide bonds. The van der Waals surface area contributed by atoms with E-state index in [1.54, 1.807) is 0 Å². The van der Waals surface area contributed by atoms with E-state index in [0.717, 1.165) is 21.8 Å². The summed E-state index contributed by atoms with van der Waals surface area (Å²) in [5.41, 5.74) is 7.12. The second-order valence-corrected chi connectivity index (χ2v) is 14.7. The topological polar surface area (TPSA) is 35.6 Å². The molecule has 0 saturated heterocycles. The predicted molar refractivity (Wildman–Crippen MR) is 207 cm³/mol. The minimum absolute atomic E-state index is 1.04. The molecule has 0 N–H and O–H groups in total. The van der Waals surface area contributed by atoms with Crippen LogP contribution in [-0.4, -0.2) is 19.6 Å². The number of aryl methyl sites for hydroxylation is 2. The van der Waals surface area contributed by atoms with Crippen molar-refractivity contribution < 1.29 is 0 Å². The lowest BCUT2D eigenvalue weighted by Gasteiger charge is -2.15. The molecule has 0 saturated carbocycles. The van der Waals surface area contributed by atoms with Crippen molar-refractivity contribution in [2.45, 2.75) is 0 Å². The molecule has 4 aromatic heterocycles. The Labute approximate surface area is 282 Å². The highest BCUT2D eigenvalue weighted by Crippen LogP contribution is 2.47. The molecular weight excluding hydrogens is 625 g/mol. The molecule has 0 aliphatic rings. The summed E-state index contributed by atoms with van der Waals surface area (Å²) in [6, 6.07) is 36.2. The first-order valence-corrected chi connectivity index (χ1v) is 17.8. The highest BCUT2D eigenvalue weighted by Gasteiger charge is 2.20. The summed E-state index contributed by atoms with van der Waals surface area (Å²) in [7, 11) is 4.03. The lowest BCUT2D eigenvalue weighted by Crippen LogP contribution is -1.90. The molecule has 0 fully saturated rings. The maximum Gasteiger partial charge on any atom is 0.101 e. The number of fused-ring (bicyclic) bond motifs is 12. The monoisotopic (exact) mass is 650 g/mol. The summed E-state index contributed by atoms with van der Waals surface area (Å²) in [5, 5.41) is 29.4. The number of hydrogen-bond donors (Lipinski definition) is 0. The molecule has 0 aliphatic heterocycles. The van der Waals surface area contributed by atoms with E-state index >= 15 is 0 Å². The lowest BCUT2D eigenvalue weighted by atomic mass is 9.87. The van der Waals surface area contributed by atoms with Gasteiger partial charge in [-0.3, -0.25) is 9.36 Å². The second kappa shape index (κ2) is 9.50. The normalized spacial score (nSPS) is 12.4. The van der Waals surface area contributed by atoms with Crippen molar-refractivity contribution in [1.82, 2.24) is 19.6 Å². The van der Waals surface area contributed by atoms with E-state index in [2.05, 4.69) is 120 Å². The van der Waals surface area contributed by atoms with E-state index in [1.165, 1.54) is 85.5 Å². The summed E-state index contributed by atoms with van der Waals surface area (Å²) in [6.45, 7) is 0. The number of thiophene rings is 2. The van der Waals surface area contributed by atoms with Crippen molar-refractivity contribution in [2.75, 3.05) is 0 Å². The van der Waals surface area contributed by atoms with E-state index in [9.17, 15) is 0 Å². The number of hydrogen-bond acceptors (Lipinski definition) is 4. The van der Waals surface area contributed by atoms with Crippen LogP contribution in [0.25, 0.3) is 107 Å². The zero-order chi connectivity index (χ0) is 31.7. The van der Waals surface area contributed by atoms with Crippen LogP contribution in [0.15, 0.2) is 120 Å². The molecule has 0 radical (unpaired) electrons. The van der Waals surface area contributed by atoms with Gasteiger partial charge in [-0.15, -0.1) is 22.7 Å². The van der Waals surface area contributed by atoms with Gasteiger partial charge in [0, 0.05) is 79.3 Å². The first kappa shape index (κ1) is 26.5. The Morgan fingerprint density at radius 3 is 1.38 bits per heavy atom. The number of rotatable bonds is 2. The van der Waals surface area contributed by atoms with Crippen LogP contribution in [0, 0.1) is 0 Å². The summed E-state index contributed by atoms with van der Waals surface area (Å²) < 4.78 is 6.48. The minimum Gasteiger partial charge on any atom is -0.275 e. The first-order chi connectivity index (χ1) is 23.6. The Balaban J connectivity index is 1.34. The molecule has 48 heavy (non-hydrogen) atoms. The van der Waals surface area contributed by atoms with Crippen molar-refractivity contribution in [3.63, 3.8) is 0 Å². The van der Waals surface area contributed by atoms with Crippen molar-refractivity contribution in [2.24, 2.45) is 14.1 Å². The van der Waals surface area contributed by atoms with Crippen LogP contribution in [0.3, 0.4) is 0 Å². The molecule has 0 aliphatic carbocycles. The number of benzene rings is 7. The Kier molecular flexibility index (Phi) is 5.25. The van der Waals surface area contributed by atoms with Crippen LogP contribution in [-0.2, 0) is 14.1 Å². The van der Waals surface area contributed by atoms with Crippen molar-refractivity contribution in [3.05, 3.63) is 120 Å². The maximum absolute atomic E-state index is 5.05. The van der Waals surface area contributed by atoms with Gasteiger partial charge in [0.15, 0.2) is 0 Å². The number of aromatic nitrogens is 4. The summed E-state index contributed by atoms with van der Waals surface area (Å²) in [6.07, 6.45) is 4.25. The minimum atomic E-state index is 1.04. The molecular formula is C42H26N4S2. The van der Waals surface area contributed by atoms with Gasteiger partial charge in [0.1, 0.15) is 11.0 Å². The SMILES string of the molecule is Cn1cc2ccc3c(-c4csc5ccccc45)cc4cc5c(cc(-c6csc7ccccc67)c6ccc7cn(C)nc7c65)cc4c3c2n1. The van der Waals surface area contributed by atoms with Crippen LogP contribution in [0.5, 0.6) is 0 Å². The van der Waals surface area contributed by atoms with Gasteiger partial charge < -0.3 is 0 Å². The molecule has 0 spiro atoms. The van der Waals surface area contributed by atoms with Crippen LogP contribution < -0.4 is 0 Å². The van der Waals surface area contributed by atoms with Gasteiger partial charge in [-0.2, -0.15) is 10.2 Å². The molecule has 226 valence electrons. The third kappa shape index (κ3) is 3.59. The van der Waals surface area contributed by atoms with Gasteiger partial charge in [-0.05, 0) is 90.6 Å². The Hall–Kier alpha value is -5.56. The van der Waals surface area contributed by atoms with E-state index in [4.69, 9.17) is 10.2 Å². The van der Waals surface area contributed by atoms with E-state index < -0.39 is 0 Å². The zero-order valence-electron chi connectivity index (χ0n) is 26.2. The van der Waals surface area contributed by atoms with Gasteiger partial charge in [-0.1, -0.05) is 60.7 Å². The van der Waals surface area contributed by atoms with Crippen LogP contribution >= 0.6 is 22.7 Å². The van der Waals surface area contributed by atoms with Crippen molar-refractivity contribution in [1.29, 1.82) is 0 Å². The van der Waals surface area contributed by atoms with Crippen molar-refractivity contribution >= 4 is 108 Å². The third-order valence-electron chi connectivity index (χ3n) is 10.1. The molecule has 0 atom stereocenters. The lowest BCUT2D eigenvalue weighted by molar-refractivity contribution is 0.780. The molecule has 7 aromatic carbocycles. The average Bonchev–Trinajstić information content (AvgIpc) is 3.90. The van der Waals surface area contributed by atoms with Gasteiger partial charge in [0.2, 0.25) is 0 Å². The third-order valence-corrected chi connectivity index (χ3v) is 12.0. The highest BCUT2D eigenvalue weighted by atomic mass is 32.1. The number of nitrogens with zero attached hydrogens (tertiary/aromatic N) is 4. The first-order valence-electron chi connectivity index (χ1n) is 16.1. The molecule has 6 heteroatoms. The fourth-order valence-corrected chi connectivity index (χ4v) is 9.92. The quantitative estimate of drug-likeness (QED) is 0.138. The van der Waals surface area contributed by atoms with E-state index in [-0.39, 0.29) is 0 Å². The predicted octanol–water partition coefficient (Wildman–Crippen LogP) is 11.8. The van der Waals surface area contributed by atoms with Gasteiger partial charge in [0.05, 0.1) is 0 Å². The van der Waals surface area contributed by atoms with Crippen LogP contribution in [0.4, 0.5) is 0 Å². The van der Waals surface area contributed by atoms with E-state index in [1.807, 2.05) is 46.1 Å². The summed E-state index contributed by atoms with van der Waals surface area (Å²) >= 11 is 3.62. The Morgan fingerprint density at radius 1 is 0.438 bits per heavy atom. The maximum atomic E-state index is 5.05. The molecule has 4 nitrogen and oxygen atoms in total.